The molecule has 30 heavy (non-hydrogen) atoms. The molecule has 0 aliphatic carbocycles. The SMILES string of the molecule is N#Cc1ccc(-c2ncc(CCN)cn2)c(Oc2nnc(N3C4CCC3CC4)s2)c1. The van der Waals surface area contributed by atoms with Crippen LogP contribution in [0.25, 0.3) is 11.4 Å². The number of ether oxygens (including phenoxy) is 1. The molecule has 0 amide bonds. The van der Waals surface area contributed by atoms with Crippen molar-refractivity contribution in [2.45, 2.75) is 44.2 Å². The van der Waals surface area contributed by atoms with Crippen molar-refractivity contribution >= 4 is 16.5 Å². The Balaban J connectivity index is 1.43. The van der Waals surface area contributed by atoms with Crippen molar-refractivity contribution in [3.05, 3.63) is 41.7 Å². The molecule has 0 radical (unpaired) electrons. The average Bonchev–Trinajstić information content (AvgIpc) is 3.50. The van der Waals surface area contributed by atoms with Gasteiger partial charge in [0, 0.05) is 24.5 Å². The molecular formula is C21H21N7OS. The highest BCUT2D eigenvalue weighted by Gasteiger charge is 2.41. The Morgan fingerprint density at radius 2 is 1.87 bits per heavy atom. The second-order valence-electron chi connectivity index (χ2n) is 7.60. The fourth-order valence-corrected chi connectivity index (χ4v) is 5.17. The van der Waals surface area contributed by atoms with Crippen LogP contribution in [0.4, 0.5) is 5.13 Å². The summed E-state index contributed by atoms with van der Waals surface area (Å²) in [7, 11) is 0. The highest BCUT2D eigenvalue weighted by atomic mass is 32.1. The van der Waals surface area contributed by atoms with Gasteiger partial charge in [-0.3, -0.25) is 0 Å². The molecule has 2 aliphatic heterocycles. The molecule has 4 heterocycles. The van der Waals surface area contributed by atoms with E-state index in [1.807, 2.05) is 0 Å². The highest BCUT2D eigenvalue weighted by Crippen LogP contribution is 2.44. The minimum absolute atomic E-state index is 0.451. The molecule has 2 bridgehead atoms. The number of fused-ring (bicyclic) bond motifs is 2. The molecule has 2 saturated heterocycles. The van der Waals surface area contributed by atoms with E-state index in [9.17, 15) is 5.26 Å². The largest absolute Gasteiger partial charge is 0.429 e. The van der Waals surface area contributed by atoms with E-state index >= 15 is 0 Å². The Morgan fingerprint density at radius 3 is 2.53 bits per heavy atom. The van der Waals surface area contributed by atoms with Gasteiger partial charge in [-0.05, 0) is 73.7 Å². The van der Waals surface area contributed by atoms with Crippen molar-refractivity contribution in [3.63, 3.8) is 0 Å². The summed E-state index contributed by atoms with van der Waals surface area (Å²) in [5, 5.41) is 19.3. The number of nitrogens with zero attached hydrogens (tertiary/aromatic N) is 6. The van der Waals surface area contributed by atoms with Crippen LogP contribution < -0.4 is 15.4 Å². The van der Waals surface area contributed by atoms with Gasteiger partial charge in [0.1, 0.15) is 5.75 Å². The number of hydrogen-bond donors (Lipinski definition) is 1. The molecule has 5 rings (SSSR count). The molecule has 8 nitrogen and oxygen atoms in total. The third kappa shape index (κ3) is 3.49. The van der Waals surface area contributed by atoms with Crippen molar-refractivity contribution in [3.8, 4) is 28.4 Å². The van der Waals surface area contributed by atoms with Crippen molar-refractivity contribution < 1.29 is 4.74 Å². The van der Waals surface area contributed by atoms with Gasteiger partial charge < -0.3 is 15.4 Å². The summed E-state index contributed by atoms with van der Waals surface area (Å²) in [6, 6.07) is 8.52. The van der Waals surface area contributed by atoms with Gasteiger partial charge >= 0.3 is 5.19 Å². The van der Waals surface area contributed by atoms with Gasteiger partial charge in [-0.25, -0.2) is 9.97 Å². The number of benzene rings is 1. The molecule has 3 aromatic rings. The lowest BCUT2D eigenvalue weighted by Crippen LogP contribution is -2.27. The lowest BCUT2D eigenvalue weighted by Gasteiger charge is -2.19. The van der Waals surface area contributed by atoms with E-state index in [2.05, 4.69) is 31.1 Å². The molecule has 2 aromatic heterocycles. The normalized spacial score (nSPS) is 19.8. The summed E-state index contributed by atoms with van der Waals surface area (Å²) in [5.41, 5.74) is 7.77. The van der Waals surface area contributed by atoms with E-state index < -0.39 is 0 Å². The van der Waals surface area contributed by atoms with Crippen LogP contribution in [0, 0.1) is 11.3 Å². The van der Waals surface area contributed by atoms with Crippen LogP contribution in [0.3, 0.4) is 0 Å². The van der Waals surface area contributed by atoms with Crippen LogP contribution in [0.1, 0.15) is 36.8 Å². The Labute approximate surface area is 178 Å². The molecule has 152 valence electrons. The van der Waals surface area contributed by atoms with Gasteiger partial charge in [-0.15, -0.1) is 5.10 Å². The topological polar surface area (TPSA) is 114 Å². The van der Waals surface area contributed by atoms with E-state index in [0.717, 1.165) is 17.1 Å². The molecule has 0 atom stereocenters. The van der Waals surface area contributed by atoms with Crippen LogP contribution in [-0.4, -0.2) is 38.8 Å². The molecule has 2 fully saturated rings. The third-order valence-corrected chi connectivity index (χ3v) is 6.57. The van der Waals surface area contributed by atoms with Gasteiger partial charge in [-0.1, -0.05) is 5.10 Å². The van der Waals surface area contributed by atoms with E-state index in [0.29, 0.717) is 46.5 Å². The number of rotatable bonds is 6. The predicted octanol–water partition coefficient (Wildman–Crippen LogP) is 3.29. The van der Waals surface area contributed by atoms with Crippen molar-refractivity contribution in [1.82, 2.24) is 20.2 Å². The molecule has 1 aromatic carbocycles. The molecule has 2 aliphatic rings. The fourth-order valence-electron chi connectivity index (χ4n) is 4.32. The zero-order valence-corrected chi connectivity index (χ0v) is 17.2. The maximum Gasteiger partial charge on any atom is 0.301 e. The van der Waals surface area contributed by atoms with E-state index in [1.165, 1.54) is 37.0 Å². The number of hydrogen-bond acceptors (Lipinski definition) is 9. The molecule has 9 heteroatoms. The summed E-state index contributed by atoms with van der Waals surface area (Å²) >= 11 is 1.44. The third-order valence-electron chi connectivity index (χ3n) is 5.76. The zero-order valence-electron chi connectivity index (χ0n) is 16.4. The molecule has 0 spiro atoms. The van der Waals surface area contributed by atoms with E-state index in [1.54, 1.807) is 30.6 Å². The summed E-state index contributed by atoms with van der Waals surface area (Å²) in [6.07, 6.45) is 9.17. The number of nitriles is 1. The summed E-state index contributed by atoms with van der Waals surface area (Å²) in [6.45, 7) is 0.548. The minimum atomic E-state index is 0.451. The first-order chi connectivity index (χ1) is 14.7. The van der Waals surface area contributed by atoms with Gasteiger partial charge in [0.05, 0.1) is 17.2 Å². The first kappa shape index (κ1) is 18.9. The van der Waals surface area contributed by atoms with Crippen molar-refractivity contribution in [2.24, 2.45) is 5.73 Å². The summed E-state index contributed by atoms with van der Waals surface area (Å²) in [4.78, 5) is 11.3. The van der Waals surface area contributed by atoms with Gasteiger partial charge in [0.2, 0.25) is 5.13 Å². The van der Waals surface area contributed by atoms with E-state index in [-0.39, 0.29) is 0 Å². The second kappa shape index (κ2) is 7.97. The quantitative estimate of drug-likeness (QED) is 0.647. The Bertz CT molecular complexity index is 1070. The summed E-state index contributed by atoms with van der Waals surface area (Å²) in [5.74, 6) is 1.02. The fraction of sp³-hybridized carbons (Fsp3) is 0.381. The zero-order chi connectivity index (χ0) is 20.5. The second-order valence-corrected chi connectivity index (χ2v) is 8.52. The molecule has 0 unspecified atom stereocenters. The lowest BCUT2D eigenvalue weighted by molar-refractivity contribution is 0.474. The number of nitrogens with two attached hydrogens (primary N) is 1. The maximum atomic E-state index is 9.32. The lowest BCUT2D eigenvalue weighted by atomic mass is 10.0. The maximum absolute atomic E-state index is 9.32. The van der Waals surface area contributed by atoms with Crippen LogP contribution in [0.5, 0.6) is 10.9 Å². The highest BCUT2D eigenvalue weighted by molar-refractivity contribution is 7.17. The molecule has 2 N–H and O–H groups in total. The van der Waals surface area contributed by atoms with Gasteiger partial charge in [-0.2, -0.15) is 5.26 Å². The van der Waals surface area contributed by atoms with Crippen LogP contribution >= 0.6 is 11.3 Å². The Kier molecular flexibility index (Phi) is 5.02. The monoisotopic (exact) mass is 419 g/mol. The van der Waals surface area contributed by atoms with Crippen LogP contribution in [-0.2, 0) is 6.42 Å². The van der Waals surface area contributed by atoms with Crippen LogP contribution in [0.2, 0.25) is 0 Å². The minimum Gasteiger partial charge on any atom is -0.429 e. The van der Waals surface area contributed by atoms with Gasteiger partial charge in [0.25, 0.3) is 0 Å². The molecular weight excluding hydrogens is 398 g/mol. The first-order valence-electron chi connectivity index (χ1n) is 10.1. The average molecular weight is 420 g/mol. The van der Waals surface area contributed by atoms with Crippen molar-refractivity contribution in [2.75, 3.05) is 11.4 Å². The predicted molar refractivity (Wildman–Crippen MR) is 113 cm³/mol. The standard InChI is InChI=1S/C21H21N7OS/c22-8-7-14-11-24-19(25-12-14)17-6-1-13(10-23)9-18(17)29-21-27-26-20(30-21)28-15-2-3-16(28)5-4-15/h1,6,9,11-12,15-16H,2-5,7-8,22H2. The number of anilines is 1. The molecule has 0 saturated carbocycles. The van der Waals surface area contributed by atoms with Crippen molar-refractivity contribution in [1.29, 1.82) is 5.26 Å². The first-order valence-corrected chi connectivity index (χ1v) is 10.9. The van der Waals surface area contributed by atoms with E-state index in [4.69, 9.17) is 10.5 Å². The Hall–Kier alpha value is -3.09. The Morgan fingerprint density at radius 1 is 1.13 bits per heavy atom. The number of aromatic nitrogens is 4. The van der Waals surface area contributed by atoms with Gasteiger partial charge in [0.15, 0.2) is 5.82 Å². The smallest absolute Gasteiger partial charge is 0.301 e. The summed E-state index contributed by atoms with van der Waals surface area (Å²) < 4.78 is 6.08. The van der Waals surface area contributed by atoms with Crippen LogP contribution in [0.15, 0.2) is 30.6 Å².